The van der Waals surface area contributed by atoms with E-state index in [1.165, 1.54) is 32.1 Å². The maximum absolute atomic E-state index is 6.42. The summed E-state index contributed by atoms with van der Waals surface area (Å²) >= 11 is 0. The fourth-order valence-corrected chi connectivity index (χ4v) is 3.15. The molecule has 0 spiro atoms. The van der Waals surface area contributed by atoms with Gasteiger partial charge in [-0.15, -0.1) is 0 Å². The van der Waals surface area contributed by atoms with Crippen molar-refractivity contribution in [3.63, 3.8) is 0 Å². The van der Waals surface area contributed by atoms with E-state index < -0.39 is 0 Å². The Morgan fingerprint density at radius 2 is 2.00 bits per heavy atom. The largest absolute Gasteiger partial charge is 0.373 e. The second-order valence-electron chi connectivity index (χ2n) is 4.77. The lowest BCUT2D eigenvalue weighted by atomic mass is 9.65. The minimum atomic E-state index is 0.0845. The normalized spacial score (nSPS) is 52.8. The fourth-order valence-electron chi connectivity index (χ4n) is 3.15. The van der Waals surface area contributed by atoms with E-state index in [4.69, 9.17) is 10.5 Å². The van der Waals surface area contributed by atoms with Crippen LogP contribution in [0.1, 0.15) is 38.5 Å². The lowest BCUT2D eigenvalue weighted by Gasteiger charge is -2.43. The molecule has 1 saturated carbocycles. The minimum absolute atomic E-state index is 0.0845. The average molecular weight is 167 g/mol. The van der Waals surface area contributed by atoms with Crippen LogP contribution in [0.4, 0.5) is 0 Å². The van der Waals surface area contributed by atoms with E-state index in [1.54, 1.807) is 0 Å². The summed E-state index contributed by atoms with van der Waals surface area (Å²) in [6, 6.07) is 0. The van der Waals surface area contributed by atoms with Crippen molar-refractivity contribution in [2.45, 2.75) is 56.3 Å². The van der Waals surface area contributed by atoms with Crippen molar-refractivity contribution >= 4 is 0 Å². The van der Waals surface area contributed by atoms with Crippen molar-refractivity contribution in [3.05, 3.63) is 0 Å². The molecule has 0 aromatic rings. The molecule has 0 amide bonds. The molecule has 0 aromatic carbocycles. The number of nitrogens with two attached hydrogens (primary N) is 1. The van der Waals surface area contributed by atoms with E-state index >= 15 is 0 Å². The third-order valence-electron chi connectivity index (χ3n) is 4.15. The Kier molecular flexibility index (Phi) is 1.37. The van der Waals surface area contributed by atoms with Gasteiger partial charge in [-0.2, -0.15) is 0 Å². The van der Waals surface area contributed by atoms with Gasteiger partial charge >= 0.3 is 0 Å². The van der Waals surface area contributed by atoms with Gasteiger partial charge in [0, 0.05) is 5.54 Å². The zero-order chi connectivity index (χ0) is 8.18. The van der Waals surface area contributed by atoms with Crippen LogP contribution in [-0.4, -0.2) is 17.7 Å². The molecule has 2 bridgehead atoms. The highest BCUT2D eigenvalue weighted by atomic mass is 16.5. The van der Waals surface area contributed by atoms with Crippen LogP contribution in [0.2, 0.25) is 0 Å². The van der Waals surface area contributed by atoms with Crippen LogP contribution in [0, 0.1) is 5.92 Å². The number of fused-ring (bicyclic) bond motifs is 2. The topological polar surface area (TPSA) is 35.2 Å². The molecular formula is C10H17NO. The zero-order valence-corrected chi connectivity index (χ0v) is 7.46. The van der Waals surface area contributed by atoms with Gasteiger partial charge in [0.25, 0.3) is 0 Å². The Morgan fingerprint density at radius 1 is 1.17 bits per heavy atom. The third-order valence-corrected chi connectivity index (χ3v) is 4.15. The molecule has 3 fully saturated rings. The molecule has 68 valence electrons. The summed E-state index contributed by atoms with van der Waals surface area (Å²) in [5.41, 5.74) is 6.51. The number of hydrogen-bond acceptors (Lipinski definition) is 2. The Balaban J connectivity index is 1.81. The first-order valence-corrected chi connectivity index (χ1v) is 5.23. The van der Waals surface area contributed by atoms with Crippen molar-refractivity contribution in [3.8, 4) is 0 Å². The van der Waals surface area contributed by atoms with Crippen LogP contribution in [0.3, 0.4) is 0 Å². The van der Waals surface area contributed by atoms with Gasteiger partial charge in [0.05, 0.1) is 12.2 Å². The van der Waals surface area contributed by atoms with E-state index in [0.717, 1.165) is 12.3 Å². The predicted molar refractivity (Wildman–Crippen MR) is 46.8 cm³/mol. The summed E-state index contributed by atoms with van der Waals surface area (Å²) in [7, 11) is 0. The van der Waals surface area contributed by atoms with Crippen LogP contribution in [0.5, 0.6) is 0 Å². The van der Waals surface area contributed by atoms with Crippen LogP contribution in [0.15, 0.2) is 0 Å². The van der Waals surface area contributed by atoms with Gasteiger partial charge in [-0.05, 0) is 38.0 Å². The van der Waals surface area contributed by atoms with E-state index in [1.807, 2.05) is 0 Å². The highest BCUT2D eigenvalue weighted by Gasteiger charge is 2.54. The molecule has 3 atom stereocenters. The van der Waals surface area contributed by atoms with Gasteiger partial charge < -0.3 is 10.5 Å². The first-order chi connectivity index (χ1) is 5.79. The maximum atomic E-state index is 6.42. The first-order valence-electron chi connectivity index (χ1n) is 5.23. The Morgan fingerprint density at radius 3 is 2.42 bits per heavy atom. The molecule has 2 heteroatoms. The quantitative estimate of drug-likeness (QED) is 0.641. The predicted octanol–water partition coefficient (Wildman–Crippen LogP) is 1.44. The van der Waals surface area contributed by atoms with Crippen LogP contribution in [0.25, 0.3) is 0 Å². The molecule has 2 aliphatic heterocycles. The van der Waals surface area contributed by atoms with Crippen LogP contribution >= 0.6 is 0 Å². The van der Waals surface area contributed by atoms with Gasteiger partial charge in [-0.3, -0.25) is 0 Å². The van der Waals surface area contributed by atoms with E-state index in [2.05, 4.69) is 0 Å². The molecule has 0 radical (unpaired) electrons. The van der Waals surface area contributed by atoms with Gasteiger partial charge in [-0.1, -0.05) is 6.42 Å². The van der Waals surface area contributed by atoms with E-state index in [0.29, 0.717) is 12.2 Å². The maximum Gasteiger partial charge on any atom is 0.0762 e. The SMILES string of the molecule is NC1(C2CCC2)CC2CCC1O2. The third kappa shape index (κ3) is 0.775. The van der Waals surface area contributed by atoms with E-state index in [9.17, 15) is 0 Å². The molecule has 0 aromatic heterocycles. The molecule has 2 saturated heterocycles. The van der Waals surface area contributed by atoms with Crippen molar-refractivity contribution in [1.82, 2.24) is 0 Å². The molecule has 3 aliphatic rings. The highest BCUT2D eigenvalue weighted by Crippen LogP contribution is 2.49. The second-order valence-corrected chi connectivity index (χ2v) is 4.77. The lowest BCUT2D eigenvalue weighted by Crippen LogP contribution is -2.56. The summed E-state index contributed by atoms with van der Waals surface area (Å²) in [5, 5.41) is 0. The average Bonchev–Trinajstić information content (AvgIpc) is 2.39. The Labute approximate surface area is 73.5 Å². The molecule has 2 heterocycles. The van der Waals surface area contributed by atoms with Gasteiger partial charge in [0.2, 0.25) is 0 Å². The smallest absolute Gasteiger partial charge is 0.0762 e. The summed E-state index contributed by atoms with van der Waals surface area (Å²) in [5.74, 6) is 0.785. The lowest BCUT2D eigenvalue weighted by molar-refractivity contribution is 0.0516. The summed E-state index contributed by atoms with van der Waals surface area (Å²) in [6.45, 7) is 0. The summed E-state index contributed by atoms with van der Waals surface area (Å²) in [4.78, 5) is 0. The monoisotopic (exact) mass is 167 g/mol. The Hall–Kier alpha value is -0.0800. The molecule has 2 nitrogen and oxygen atoms in total. The molecule has 2 N–H and O–H groups in total. The molecule has 1 aliphatic carbocycles. The first kappa shape index (κ1) is 7.34. The van der Waals surface area contributed by atoms with Gasteiger partial charge in [-0.25, -0.2) is 0 Å². The van der Waals surface area contributed by atoms with Gasteiger partial charge in [0.1, 0.15) is 0 Å². The summed E-state index contributed by atoms with van der Waals surface area (Å²) < 4.78 is 5.82. The van der Waals surface area contributed by atoms with Crippen molar-refractivity contribution in [2.75, 3.05) is 0 Å². The fraction of sp³-hybridized carbons (Fsp3) is 1.00. The minimum Gasteiger partial charge on any atom is -0.373 e. The molecule has 3 unspecified atom stereocenters. The summed E-state index contributed by atoms with van der Waals surface area (Å²) in [6.07, 6.45) is 8.64. The molecular weight excluding hydrogens is 150 g/mol. The van der Waals surface area contributed by atoms with Crippen LogP contribution in [-0.2, 0) is 4.74 Å². The Bertz CT molecular complexity index is 202. The van der Waals surface area contributed by atoms with Crippen molar-refractivity contribution in [2.24, 2.45) is 11.7 Å². The highest BCUT2D eigenvalue weighted by molar-refractivity contribution is 5.09. The van der Waals surface area contributed by atoms with Crippen LogP contribution < -0.4 is 5.73 Å². The molecule has 12 heavy (non-hydrogen) atoms. The second kappa shape index (κ2) is 2.24. The molecule has 3 rings (SSSR count). The van der Waals surface area contributed by atoms with Gasteiger partial charge in [0.15, 0.2) is 0 Å². The number of rotatable bonds is 1. The number of ether oxygens (including phenoxy) is 1. The standard InChI is InChI=1S/C10H17NO/c11-10(7-2-1-3-7)6-8-4-5-9(10)12-8/h7-9H,1-6,11H2. The zero-order valence-electron chi connectivity index (χ0n) is 7.46. The van der Waals surface area contributed by atoms with E-state index in [-0.39, 0.29) is 5.54 Å². The van der Waals surface area contributed by atoms with Crippen molar-refractivity contribution in [1.29, 1.82) is 0 Å². The number of hydrogen-bond donors (Lipinski definition) is 1. The van der Waals surface area contributed by atoms with Crippen molar-refractivity contribution < 1.29 is 4.74 Å².